The summed E-state index contributed by atoms with van der Waals surface area (Å²) >= 11 is 13.4. The molecule has 0 atom stereocenters. The van der Waals surface area contributed by atoms with Gasteiger partial charge >= 0.3 is 5.69 Å². The van der Waals surface area contributed by atoms with Gasteiger partial charge in [-0.1, -0.05) is 29.3 Å². The molecule has 0 aliphatic heterocycles. The van der Waals surface area contributed by atoms with Crippen LogP contribution in [0.5, 0.6) is 0 Å². The van der Waals surface area contributed by atoms with Crippen LogP contribution in [0.1, 0.15) is 20.8 Å². The van der Waals surface area contributed by atoms with Crippen LogP contribution >= 0.6 is 34.5 Å². The molecule has 32 heavy (non-hydrogen) atoms. The molecule has 0 bridgehead atoms. The molecule has 1 N–H and O–H groups in total. The zero-order valence-corrected chi connectivity index (χ0v) is 18.4. The van der Waals surface area contributed by atoms with Crippen LogP contribution < -0.4 is 5.32 Å². The predicted molar refractivity (Wildman–Crippen MR) is 118 cm³/mol. The minimum absolute atomic E-state index is 0.0419. The van der Waals surface area contributed by atoms with Gasteiger partial charge in [0.1, 0.15) is 23.2 Å². The van der Waals surface area contributed by atoms with Gasteiger partial charge in [0.05, 0.1) is 22.9 Å². The van der Waals surface area contributed by atoms with E-state index in [1.807, 2.05) is 0 Å². The number of carbonyl (C=O) groups is 1. The number of aromatic nitrogens is 4. The molecule has 164 valence electrons. The second-order valence-corrected chi connectivity index (χ2v) is 8.38. The summed E-state index contributed by atoms with van der Waals surface area (Å²) in [4.78, 5) is 23.2. The first-order valence-electron chi connectivity index (χ1n) is 9.01. The molecule has 13 heteroatoms. The van der Waals surface area contributed by atoms with Crippen LogP contribution in [-0.4, -0.2) is 30.4 Å². The lowest BCUT2D eigenvalue weighted by Crippen LogP contribution is -2.12. The Labute approximate surface area is 194 Å². The molecule has 0 aliphatic carbocycles. The third kappa shape index (κ3) is 4.79. The molecule has 4 rings (SSSR count). The molecule has 0 unspecified atom stereocenters. The van der Waals surface area contributed by atoms with Crippen LogP contribution in [0.4, 0.5) is 15.9 Å². The first-order chi connectivity index (χ1) is 15.3. The number of carbonyl (C=O) groups excluding carboxylic acids is 1. The maximum atomic E-state index is 14.0. The monoisotopic (exact) mass is 494 g/mol. The Bertz CT molecular complexity index is 1300. The highest BCUT2D eigenvalue weighted by atomic mass is 35.5. The normalized spacial score (nSPS) is 11.0. The second-order valence-electron chi connectivity index (χ2n) is 6.65. The quantitative estimate of drug-likeness (QED) is 0.292. The Morgan fingerprint density at radius 2 is 2.03 bits per heavy atom. The fraction of sp³-hybridized carbons (Fsp3) is 0.105. The van der Waals surface area contributed by atoms with Gasteiger partial charge in [0.25, 0.3) is 5.91 Å². The van der Waals surface area contributed by atoms with E-state index in [0.29, 0.717) is 4.88 Å². The van der Waals surface area contributed by atoms with Gasteiger partial charge in [-0.3, -0.25) is 24.3 Å². The Morgan fingerprint density at radius 1 is 1.22 bits per heavy atom. The van der Waals surface area contributed by atoms with E-state index in [2.05, 4.69) is 15.5 Å². The van der Waals surface area contributed by atoms with Crippen molar-refractivity contribution in [2.75, 3.05) is 5.32 Å². The number of nitrogens with one attached hydrogen (secondary N) is 1. The van der Waals surface area contributed by atoms with Gasteiger partial charge in [0.15, 0.2) is 5.82 Å². The largest absolute Gasteiger partial charge is 0.307 e. The number of nitro groups is 1. The number of rotatable bonds is 7. The third-order valence-electron chi connectivity index (χ3n) is 4.38. The number of hydrogen-bond acceptors (Lipinski definition) is 6. The van der Waals surface area contributed by atoms with E-state index in [-0.39, 0.29) is 40.2 Å². The summed E-state index contributed by atoms with van der Waals surface area (Å²) in [6, 6.07) is 6.03. The minimum atomic E-state index is -0.529. The number of anilines is 1. The lowest BCUT2D eigenvalue weighted by Gasteiger charge is -2.05. The van der Waals surface area contributed by atoms with E-state index in [1.54, 1.807) is 17.5 Å². The molecule has 0 aliphatic rings. The summed E-state index contributed by atoms with van der Waals surface area (Å²) in [7, 11) is 0. The molecule has 0 spiro atoms. The van der Waals surface area contributed by atoms with Gasteiger partial charge in [-0.05, 0) is 29.1 Å². The molecule has 3 aromatic heterocycles. The molecular formula is C19H13Cl2FN6O3S. The zero-order valence-electron chi connectivity index (χ0n) is 16.0. The predicted octanol–water partition coefficient (Wildman–Crippen LogP) is 4.84. The molecule has 0 radical (unpaired) electrons. The molecule has 1 aromatic carbocycles. The third-order valence-corrected chi connectivity index (χ3v) is 5.99. The fourth-order valence-corrected chi connectivity index (χ4v) is 4.09. The van der Waals surface area contributed by atoms with Crippen molar-refractivity contribution in [2.45, 2.75) is 13.1 Å². The molecule has 0 saturated heterocycles. The van der Waals surface area contributed by atoms with Crippen molar-refractivity contribution in [3.05, 3.63) is 90.2 Å². The minimum Gasteiger partial charge on any atom is -0.303 e. The molecule has 1 amide bonds. The summed E-state index contributed by atoms with van der Waals surface area (Å²) in [6.45, 7) is 0.316. The standard InChI is InChI=1S/C19H13Cl2FN6O3S/c20-14-2-1-3-16(22)13(14)8-27-9-15(21)18(25-27)24-19(29)17-4-11(10-32-17)6-26-7-12(5-23-26)28(30)31/h1-5,7,9-10H,6,8H2,(H,24,25,29). The highest BCUT2D eigenvalue weighted by Gasteiger charge is 2.16. The molecular weight excluding hydrogens is 482 g/mol. The van der Waals surface area contributed by atoms with Crippen molar-refractivity contribution >= 4 is 52.0 Å². The van der Waals surface area contributed by atoms with Crippen molar-refractivity contribution in [1.29, 1.82) is 0 Å². The van der Waals surface area contributed by atoms with Gasteiger partial charge in [-0.2, -0.15) is 10.2 Å². The summed E-state index contributed by atoms with van der Waals surface area (Å²) in [5.74, 6) is -0.770. The van der Waals surface area contributed by atoms with Crippen LogP contribution in [0.25, 0.3) is 0 Å². The smallest absolute Gasteiger partial charge is 0.303 e. The lowest BCUT2D eigenvalue weighted by molar-refractivity contribution is -0.385. The second kappa shape index (κ2) is 9.07. The topological polar surface area (TPSA) is 108 Å². The Balaban J connectivity index is 1.43. The maximum Gasteiger partial charge on any atom is 0.307 e. The van der Waals surface area contributed by atoms with Crippen molar-refractivity contribution in [2.24, 2.45) is 0 Å². The van der Waals surface area contributed by atoms with Gasteiger partial charge in [0, 0.05) is 16.8 Å². The molecule has 3 heterocycles. The highest BCUT2D eigenvalue weighted by Crippen LogP contribution is 2.25. The summed E-state index contributed by atoms with van der Waals surface area (Å²) in [5, 5.41) is 23.7. The van der Waals surface area contributed by atoms with Crippen molar-refractivity contribution < 1.29 is 14.1 Å². The van der Waals surface area contributed by atoms with Crippen LogP contribution in [0, 0.1) is 15.9 Å². The Morgan fingerprint density at radius 3 is 2.75 bits per heavy atom. The lowest BCUT2D eigenvalue weighted by atomic mass is 10.2. The van der Waals surface area contributed by atoms with E-state index in [1.165, 1.54) is 45.2 Å². The highest BCUT2D eigenvalue weighted by molar-refractivity contribution is 7.12. The summed E-state index contributed by atoms with van der Waals surface area (Å²) in [5.41, 5.74) is 0.900. The van der Waals surface area contributed by atoms with Crippen LogP contribution in [-0.2, 0) is 13.1 Å². The van der Waals surface area contributed by atoms with Crippen LogP contribution in [0.3, 0.4) is 0 Å². The molecule has 4 aromatic rings. The number of halogens is 3. The van der Waals surface area contributed by atoms with E-state index in [0.717, 1.165) is 11.8 Å². The molecule has 0 fully saturated rings. The summed E-state index contributed by atoms with van der Waals surface area (Å²) < 4.78 is 16.8. The number of nitrogens with zero attached hydrogens (tertiary/aromatic N) is 5. The first kappa shape index (κ1) is 21.9. The van der Waals surface area contributed by atoms with Gasteiger partial charge < -0.3 is 5.32 Å². The first-order valence-corrected chi connectivity index (χ1v) is 10.6. The van der Waals surface area contributed by atoms with E-state index in [9.17, 15) is 19.3 Å². The number of benzene rings is 1. The number of amides is 1. The average molecular weight is 495 g/mol. The van der Waals surface area contributed by atoms with Crippen LogP contribution in [0.2, 0.25) is 10.0 Å². The zero-order chi connectivity index (χ0) is 22.8. The van der Waals surface area contributed by atoms with Crippen molar-refractivity contribution in [3.63, 3.8) is 0 Å². The number of hydrogen-bond donors (Lipinski definition) is 1. The van der Waals surface area contributed by atoms with E-state index < -0.39 is 16.6 Å². The maximum absolute atomic E-state index is 14.0. The van der Waals surface area contributed by atoms with E-state index >= 15 is 0 Å². The Kier molecular flexibility index (Phi) is 6.21. The van der Waals surface area contributed by atoms with Gasteiger partial charge in [0.2, 0.25) is 0 Å². The Hall–Kier alpha value is -3.28. The number of thiophene rings is 1. The fourth-order valence-electron chi connectivity index (χ4n) is 2.88. The van der Waals surface area contributed by atoms with Crippen molar-refractivity contribution in [3.8, 4) is 0 Å². The van der Waals surface area contributed by atoms with Gasteiger partial charge in [-0.25, -0.2) is 4.39 Å². The van der Waals surface area contributed by atoms with Crippen molar-refractivity contribution in [1.82, 2.24) is 19.6 Å². The SMILES string of the molecule is O=C(Nc1nn(Cc2c(F)cccc2Cl)cc1Cl)c1cc(Cn2cc([N+](=O)[O-])cn2)cs1. The van der Waals surface area contributed by atoms with Crippen LogP contribution in [0.15, 0.2) is 48.2 Å². The van der Waals surface area contributed by atoms with Gasteiger partial charge in [-0.15, -0.1) is 11.3 Å². The average Bonchev–Trinajstić information content (AvgIpc) is 3.46. The van der Waals surface area contributed by atoms with E-state index in [4.69, 9.17) is 23.2 Å². The molecule has 0 saturated carbocycles. The summed E-state index contributed by atoms with van der Waals surface area (Å²) in [6.07, 6.45) is 3.93. The molecule has 9 nitrogen and oxygen atoms in total.